The molecule has 0 saturated heterocycles. The molecular formula is C23H34N2. The van der Waals surface area contributed by atoms with Crippen LogP contribution in [0, 0.1) is 0 Å². The van der Waals surface area contributed by atoms with Gasteiger partial charge in [0, 0.05) is 6.54 Å². The van der Waals surface area contributed by atoms with Crippen molar-refractivity contribution in [1.82, 2.24) is 5.01 Å². The molecule has 0 unspecified atom stereocenters. The molecule has 2 rings (SSSR count). The smallest absolute Gasteiger partial charge is 0.0740 e. The summed E-state index contributed by atoms with van der Waals surface area (Å²) >= 11 is 0. The van der Waals surface area contributed by atoms with Crippen molar-refractivity contribution < 1.29 is 0 Å². The summed E-state index contributed by atoms with van der Waals surface area (Å²) in [5.74, 6) is 6.50. The molecule has 2 heteroatoms. The van der Waals surface area contributed by atoms with Gasteiger partial charge in [-0.05, 0) is 17.5 Å². The van der Waals surface area contributed by atoms with Crippen LogP contribution in [0.1, 0.15) is 75.5 Å². The summed E-state index contributed by atoms with van der Waals surface area (Å²) in [7, 11) is 0. The van der Waals surface area contributed by atoms with E-state index in [4.69, 9.17) is 5.84 Å². The number of unbranched alkanes of at least 4 members (excludes halogenated alkanes) is 7. The van der Waals surface area contributed by atoms with E-state index >= 15 is 0 Å². The molecule has 2 N–H and O–H groups in total. The van der Waals surface area contributed by atoms with Crippen LogP contribution in [0.15, 0.2) is 60.7 Å². The molecule has 0 atom stereocenters. The number of rotatable bonds is 12. The minimum atomic E-state index is 0.131. The maximum atomic E-state index is 6.50. The Morgan fingerprint density at radius 1 is 0.680 bits per heavy atom. The third-order valence-electron chi connectivity index (χ3n) is 4.83. The monoisotopic (exact) mass is 338 g/mol. The Labute approximate surface area is 154 Å². The van der Waals surface area contributed by atoms with E-state index in [1.807, 2.05) is 5.01 Å². The van der Waals surface area contributed by atoms with Crippen LogP contribution in [-0.4, -0.2) is 11.6 Å². The van der Waals surface area contributed by atoms with Gasteiger partial charge in [0.1, 0.15) is 0 Å². The van der Waals surface area contributed by atoms with Crippen LogP contribution >= 0.6 is 0 Å². The van der Waals surface area contributed by atoms with Gasteiger partial charge in [0.15, 0.2) is 0 Å². The predicted octanol–water partition coefficient (Wildman–Crippen LogP) is 6.09. The SMILES string of the molecule is CCCCCCCCCCN(N)C(c1ccccc1)c1ccccc1. The van der Waals surface area contributed by atoms with Crippen LogP contribution in [0.2, 0.25) is 0 Å². The van der Waals surface area contributed by atoms with Gasteiger partial charge in [-0.15, -0.1) is 0 Å². The van der Waals surface area contributed by atoms with Gasteiger partial charge in [-0.2, -0.15) is 0 Å². The molecule has 0 aliphatic heterocycles. The van der Waals surface area contributed by atoms with Gasteiger partial charge in [-0.1, -0.05) is 113 Å². The van der Waals surface area contributed by atoms with Gasteiger partial charge in [-0.3, -0.25) is 5.84 Å². The van der Waals surface area contributed by atoms with Crippen molar-refractivity contribution in [2.75, 3.05) is 6.54 Å². The molecule has 2 aromatic rings. The minimum Gasteiger partial charge on any atom is -0.268 e. The first-order chi connectivity index (χ1) is 12.3. The van der Waals surface area contributed by atoms with Crippen LogP contribution in [0.5, 0.6) is 0 Å². The van der Waals surface area contributed by atoms with Gasteiger partial charge in [0.2, 0.25) is 0 Å². The summed E-state index contributed by atoms with van der Waals surface area (Å²) < 4.78 is 0. The molecule has 0 spiro atoms. The van der Waals surface area contributed by atoms with Crippen LogP contribution in [-0.2, 0) is 0 Å². The molecule has 0 aromatic heterocycles. The molecule has 2 aromatic carbocycles. The summed E-state index contributed by atoms with van der Waals surface area (Å²) in [5.41, 5.74) is 2.52. The molecule has 2 nitrogen and oxygen atoms in total. The van der Waals surface area contributed by atoms with Crippen molar-refractivity contribution >= 4 is 0 Å². The zero-order valence-corrected chi connectivity index (χ0v) is 15.7. The number of nitrogens with two attached hydrogens (primary N) is 1. The lowest BCUT2D eigenvalue weighted by molar-refractivity contribution is 0.226. The van der Waals surface area contributed by atoms with Gasteiger partial charge < -0.3 is 0 Å². The lowest BCUT2D eigenvalue weighted by Gasteiger charge is -2.28. The van der Waals surface area contributed by atoms with E-state index in [1.54, 1.807) is 0 Å². The van der Waals surface area contributed by atoms with Crippen LogP contribution in [0.3, 0.4) is 0 Å². The Morgan fingerprint density at radius 3 is 1.60 bits per heavy atom. The van der Waals surface area contributed by atoms with Gasteiger partial charge in [-0.25, -0.2) is 5.01 Å². The van der Waals surface area contributed by atoms with Crippen molar-refractivity contribution in [3.8, 4) is 0 Å². The second-order valence-corrected chi connectivity index (χ2v) is 6.94. The largest absolute Gasteiger partial charge is 0.268 e. The average molecular weight is 339 g/mol. The topological polar surface area (TPSA) is 29.3 Å². The standard InChI is InChI=1S/C23H34N2/c1-2-3-4-5-6-7-8-15-20-25(24)23(21-16-11-9-12-17-21)22-18-13-10-14-19-22/h9-14,16-19,23H,2-8,15,20,24H2,1H3. The average Bonchev–Trinajstić information content (AvgIpc) is 2.66. The zero-order chi connectivity index (χ0) is 17.7. The first kappa shape index (κ1) is 19.7. The minimum absolute atomic E-state index is 0.131. The van der Waals surface area contributed by atoms with E-state index < -0.39 is 0 Å². The van der Waals surface area contributed by atoms with Crippen molar-refractivity contribution in [1.29, 1.82) is 0 Å². The number of hydrazine groups is 1. The lowest BCUT2D eigenvalue weighted by atomic mass is 9.98. The number of hydrogen-bond donors (Lipinski definition) is 1. The highest BCUT2D eigenvalue weighted by molar-refractivity contribution is 5.31. The highest BCUT2D eigenvalue weighted by Crippen LogP contribution is 2.26. The zero-order valence-electron chi connectivity index (χ0n) is 15.7. The van der Waals surface area contributed by atoms with Crippen LogP contribution < -0.4 is 5.84 Å². The van der Waals surface area contributed by atoms with Crippen molar-refractivity contribution in [3.63, 3.8) is 0 Å². The Kier molecular flexibility index (Phi) is 9.32. The summed E-state index contributed by atoms with van der Waals surface area (Å²) in [4.78, 5) is 0. The molecule has 0 aliphatic rings. The summed E-state index contributed by atoms with van der Waals surface area (Å²) in [6, 6.07) is 21.3. The van der Waals surface area contributed by atoms with Crippen molar-refractivity contribution in [2.45, 2.75) is 64.3 Å². The molecule has 0 radical (unpaired) electrons. The summed E-state index contributed by atoms with van der Waals surface area (Å²) in [6.45, 7) is 3.20. The third kappa shape index (κ3) is 7.01. The van der Waals surface area contributed by atoms with E-state index in [-0.39, 0.29) is 6.04 Å². The van der Waals surface area contributed by atoms with E-state index in [0.29, 0.717) is 0 Å². The number of benzene rings is 2. The van der Waals surface area contributed by atoms with Gasteiger partial charge in [0.05, 0.1) is 6.04 Å². The fourth-order valence-electron chi connectivity index (χ4n) is 3.40. The third-order valence-corrected chi connectivity index (χ3v) is 4.83. The second kappa shape index (κ2) is 11.8. The normalized spacial score (nSPS) is 11.4. The highest BCUT2D eigenvalue weighted by Gasteiger charge is 2.19. The van der Waals surface area contributed by atoms with Crippen LogP contribution in [0.4, 0.5) is 0 Å². The molecule has 0 aliphatic carbocycles. The van der Waals surface area contributed by atoms with E-state index in [1.165, 1.54) is 62.5 Å². The first-order valence-electron chi connectivity index (χ1n) is 9.94. The van der Waals surface area contributed by atoms with E-state index in [9.17, 15) is 0 Å². The molecular weight excluding hydrogens is 304 g/mol. The molecule has 136 valence electrons. The molecule has 0 heterocycles. The van der Waals surface area contributed by atoms with Gasteiger partial charge >= 0.3 is 0 Å². The Morgan fingerprint density at radius 2 is 1.12 bits per heavy atom. The molecule has 25 heavy (non-hydrogen) atoms. The van der Waals surface area contributed by atoms with E-state index in [0.717, 1.165) is 6.54 Å². The summed E-state index contributed by atoms with van der Waals surface area (Å²) in [5, 5.41) is 2.02. The summed E-state index contributed by atoms with van der Waals surface area (Å²) in [6.07, 6.45) is 10.6. The Hall–Kier alpha value is -1.64. The lowest BCUT2D eigenvalue weighted by Crippen LogP contribution is -2.36. The fourth-order valence-corrected chi connectivity index (χ4v) is 3.40. The Bertz CT molecular complexity index is 513. The second-order valence-electron chi connectivity index (χ2n) is 6.94. The predicted molar refractivity (Wildman–Crippen MR) is 108 cm³/mol. The van der Waals surface area contributed by atoms with E-state index in [2.05, 4.69) is 67.6 Å². The number of nitrogens with zero attached hydrogens (tertiary/aromatic N) is 1. The first-order valence-corrected chi connectivity index (χ1v) is 9.94. The van der Waals surface area contributed by atoms with Crippen LogP contribution in [0.25, 0.3) is 0 Å². The molecule has 0 amide bonds. The van der Waals surface area contributed by atoms with Crippen molar-refractivity contribution in [2.24, 2.45) is 5.84 Å². The van der Waals surface area contributed by atoms with Gasteiger partial charge in [0.25, 0.3) is 0 Å². The molecule has 0 bridgehead atoms. The van der Waals surface area contributed by atoms with Crippen molar-refractivity contribution in [3.05, 3.63) is 71.8 Å². The maximum absolute atomic E-state index is 6.50. The molecule has 0 fully saturated rings. The molecule has 0 saturated carbocycles. The Balaban J connectivity index is 1.84. The maximum Gasteiger partial charge on any atom is 0.0740 e. The highest BCUT2D eigenvalue weighted by atomic mass is 15.4. The quantitative estimate of drug-likeness (QED) is 0.288. The number of hydrogen-bond acceptors (Lipinski definition) is 2. The fraction of sp³-hybridized carbons (Fsp3) is 0.478.